The number of carbonyl (C=O) groups excluding carboxylic acids is 2. The van der Waals surface area contributed by atoms with Crippen molar-refractivity contribution in [2.45, 2.75) is 16.5 Å². The van der Waals surface area contributed by atoms with Crippen molar-refractivity contribution in [2.24, 2.45) is 0 Å². The molecule has 13 heteroatoms. The molecule has 0 unspecified atom stereocenters. The summed E-state index contributed by atoms with van der Waals surface area (Å²) >= 11 is 3.40. The van der Waals surface area contributed by atoms with Gasteiger partial charge in [-0.1, -0.05) is 121 Å². The van der Waals surface area contributed by atoms with E-state index < -0.39 is 37.5 Å². The van der Waals surface area contributed by atoms with Gasteiger partial charge in [-0.05, 0) is 28.1 Å². The zero-order chi connectivity index (χ0) is 38.8. The van der Waals surface area contributed by atoms with Crippen LogP contribution in [-0.4, -0.2) is 34.6 Å². The summed E-state index contributed by atoms with van der Waals surface area (Å²) in [5.74, 6) is -2.38. The predicted molar refractivity (Wildman–Crippen MR) is 206 cm³/mol. The van der Waals surface area contributed by atoms with Crippen molar-refractivity contribution < 1.29 is 46.4 Å². The van der Waals surface area contributed by atoms with Crippen LogP contribution in [0.2, 0.25) is 0 Å². The van der Waals surface area contributed by atoms with Crippen molar-refractivity contribution in [3.8, 4) is 23.0 Å². The molecular formula is C42H30BrClO10S. The molecule has 0 spiro atoms. The molecule has 10 nitrogen and oxygen atoms in total. The quantitative estimate of drug-likeness (QED) is 0.114. The van der Waals surface area contributed by atoms with Crippen molar-refractivity contribution >= 4 is 47.6 Å². The van der Waals surface area contributed by atoms with Gasteiger partial charge in [0, 0.05) is 49.5 Å². The van der Waals surface area contributed by atoms with E-state index >= 15 is 0 Å². The van der Waals surface area contributed by atoms with E-state index in [1.807, 2.05) is 121 Å². The van der Waals surface area contributed by atoms with Gasteiger partial charge in [0.15, 0.2) is 23.0 Å². The van der Waals surface area contributed by atoms with Crippen LogP contribution in [0.3, 0.4) is 0 Å². The maximum absolute atomic E-state index is 12.1. The van der Waals surface area contributed by atoms with E-state index in [9.17, 15) is 18.0 Å². The molecule has 8 rings (SSSR count). The minimum atomic E-state index is -4.24. The van der Waals surface area contributed by atoms with E-state index in [-0.39, 0.29) is 17.1 Å². The molecule has 0 amide bonds. The minimum Gasteiger partial charge on any atom is -0.465 e. The van der Waals surface area contributed by atoms with Crippen molar-refractivity contribution in [1.29, 1.82) is 0 Å². The lowest BCUT2D eigenvalue weighted by molar-refractivity contribution is -0.0462. The second-order valence-corrected chi connectivity index (χ2v) is 15.5. The van der Waals surface area contributed by atoms with Gasteiger partial charge in [-0.15, -0.1) is 0 Å². The van der Waals surface area contributed by atoms with E-state index in [4.69, 9.17) is 39.1 Å². The third kappa shape index (κ3) is 7.11. The smallest absolute Gasteiger partial charge is 0.339 e. The van der Waals surface area contributed by atoms with Gasteiger partial charge in [-0.25, -0.2) is 18.0 Å². The zero-order valence-electron chi connectivity index (χ0n) is 29.1. The second kappa shape index (κ2) is 15.1. The molecule has 0 fully saturated rings. The lowest BCUT2D eigenvalue weighted by Crippen LogP contribution is -2.36. The molecule has 2 heterocycles. The number of hydrogen-bond donors (Lipinski definition) is 0. The van der Waals surface area contributed by atoms with E-state index in [0.29, 0.717) is 32.7 Å². The van der Waals surface area contributed by atoms with Gasteiger partial charge in [0.25, 0.3) is 9.05 Å². The van der Waals surface area contributed by atoms with Crippen LogP contribution in [0, 0.1) is 0 Å². The Hall–Kier alpha value is -5.82. The molecule has 0 saturated heterocycles. The Morgan fingerprint density at radius 1 is 0.527 bits per heavy atom. The number of ether oxygens (including phenoxy) is 6. The highest BCUT2D eigenvalue weighted by molar-refractivity contribution is 9.10. The maximum Gasteiger partial charge on any atom is 0.339 e. The van der Waals surface area contributed by atoms with Crippen molar-refractivity contribution in [3.05, 3.63) is 183 Å². The Bertz CT molecular complexity index is 2400. The number of carbonyl (C=O) groups is 2. The molecule has 55 heavy (non-hydrogen) atoms. The molecule has 2 aliphatic heterocycles. The first-order valence-electron chi connectivity index (χ1n) is 16.6. The molecule has 0 radical (unpaired) electrons. The molecular weight excluding hydrogens is 812 g/mol. The van der Waals surface area contributed by atoms with E-state index in [0.717, 1.165) is 18.2 Å². The van der Waals surface area contributed by atoms with Gasteiger partial charge in [0.2, 0.25) is 0 Å². The Kier molecular flexibility index (Phi) is 10.3. The van der Waals surface area contributed by atoms with Crippen LogP contribution in [0.1, 0.15) is 43.0 Å². The summed E-state index contributed by atoms with van der Waals surface area (Å²) in [6, 6.07) is 43.7. The molecule has 6 aromatic carbocycles. The van der Waals surface area contributed by atoms with Gasteiger partial charge in [0.05, 0.1) is 25.3 Å². The number of halogens is 2. The molecule has 0 bridgehead atoms. The molecule has 0 aliphatic carbocycles. The summed E-state index contributed by atoms with van der Waals surface area (Å²) < 4.78 is 59.2. The third-order valence-corrected chi connectivity index (χ3v) is 10.8. The first-order chi connectivity index (χ1) is 26.5. The first kappa shape index (κ1) is 37.5. The number of esters is 2. The number of benzene rings is 6. The average molecular weight is 842 g/mol. The number of rotatable bonds is 7. The monoisotopic (exact) mass is 840 g/mol. The van der Waals surface area contributed by atoms with Gasteiger partial charge >= 0.3 is 23.5 Å². The molecule has 0 N–H and O–H groups in total. The Morgan fingerprint density at radius 3 is 1.18 bits per heavy atom. The third-order valence-electron chi connectivity index (χ3n) is 8.78. The fourth-order valence-corrected chi connectivity index (χ4v) is 7.75. The Labute approximate surface area is 329 Å². The van der Waals surface area contributed by atoms with Crippen LogP contribution in [0.15, 0.2) is 155 Å². The topological polar surface area (TPSA) is 124 Å². The lowest BCUT2D eigenvalue weighted by atomic mass is 9.97. The standard InChI is InChI=1S/C21H15BrO4.C21H15ClO6S/c1-24-20(23)16-12-18-19(13-17(16)22)26-21(25-18,14-8-4-2-5-9-14)15-10-6-3-7-11-15;1-26-20(23)16-12-17-18(13-19(16)29(22,24)25)28-21(27-17,14-8-4-2-5-9-14)15-10-6-3-7-11-15/h2-13H,1H3;2-13H,1H3. The Morgan fingerprint density at radius 2 is 0.836 bits per heavy atom. The fraction of sp³-hybridized carbons (Fsp3) is 0.0952. The predicted octanol–water partition coefficient (Wildman–Crippen LogP) is 8.98. The van der Waals surface area contributed by atoms with Crippen LogP contribution < -0.4 is 18.9 Å². The van der Waals surface area contributed by atoms with Crippen LogP contribution in [-0.2, 0) is 30.1 Å². The summed E-state index contributed by atoms with van der Waals surface area (Å²) in [5.41, 5.74) is 3.25. The van der Waals surface area contributed by atoms with Crippen LogP contribution in [0.5, 0.6) is 23.0 Å². The molecule has 278 valence electrons. The van der Waals surface area contributed by atoms with Gasteiger partial charge in [-0.2, -0.15) is 0 Å². The molecule has 2 aliphatic rings. The zero-order valence-corrected chi connectivity index (χ0v) is 32.3. The average Bonchev–Trinajstić information content (AvgIpc) is 3.80. The molecule has 0 saturated carbocycles. The van der Waals surface area contributed by atoms with Crippen molar-refractivity contribution in [3.63, 3.8) is 0 Å². The first-order valence-corrected chi connectivity index (χ1v) is 19.7. The molecule has 0 aromatic heterocycles. The summed E-state index contributed by atoms with van der Waals surface area (Å²) in [5, 5.41) is 0. The minimum absolute atomic E-state index is 0.143. The molecule has 6 aromatic rings. The maximum atomic E-state index is 12.1. The van der Waals surface area contributed by atoms with E-state index in [1.54, 1.807) is 12.1 Å². The highest BCUT2D eigenvalue weighted by Crippen LogP contribution is 2.51. The van der Waals surface area contributed by atoms with Gasteiger partial charge < -0.3 is 28.4 Å². The van der Waals surface area contributed by atoms with Crippen LogP contribution >= 0.6 is 26.6 Å². The van der Waals surface area contributed by atoms with Crippen LogP contribution in [0.25, 0.3) is 0 Å². The Balaban J connectivity index is 0.000000170. The summed E-state index contributed by atoms with van der Waals surface area (Å²) in [6.07, 6.45) is 0. The highest BCUT2D eigenvalue weighted by atomic mass is 79.9. The van der Waals surface area contributed by atoms with Gasteiger partial charge in [0.1, 0.15) is 4.90 Å². The summed E-state index contributed by atoms with van der Waals surface area (Å²) in [7, 11) is 3.79. The second-order valence-electron chi connectivity index (χ2n) is 12.1. The van der Waals surface area contributed by atoms with Crippen LogP contribution in [0.4, 0.5) is 0 Å². The van der Waals surface area contributed by atoms with Crippen molar-refractivity contribution in [2.75, 3.05) is 14.2 Å². The van der Waals surface area contributed by atoms with E-state index in [2.05, 4.69) is 15.9 Å². The number of methoxy groups -OCH3 is 2. The number of fused-ring (bicyclic) bond motifs is 2. The van der Waals surface area contributed by atoms with E-state index in [1.165, 1.54) is 19.2 Å². The van der Waals surface area contributed by atoms with Gasteiger partial charge in [-0.3, -0.25) is 0 Å². The summed E-state index contributed by atoms with van der Waals surface area (Å²) in [6.45, 7) is 0. The normalized spacial score (nSPS) is 14.3. The highest BCUT2D eigenvalue weighted by Gasteiger charge is 2.47. The largest absolute Gasteiger partial charge is 0.465 e. The number of hydrogen-bond acceptors (Lipinski definition) is 10. The fourth-order valence-electron chi connectivity index (χ4n) is 6.23. The van der Waals surface area contributed by atoms with Crippen molar-refractivity contribution in [1.82, 2.24) is 0 Å². The lowest BCUT2D eigenvalue weighted by Gasteiger charge is -2.28. The summed E-state index contributed by atoms with van der Waals surface area (Å²) in [4.78, 5) is 23.7. The SMILES string of the molecule is COC(=O)c1cc2c(cc1Br)OC(c1ccccc1)(c1ccccc1)O2.COC(=O)c1cc2c(cc1S(=O)(=O)Cl)OC(c1ccccc1)(c1ccccc1)O2. The molecule has 0 atom stereocenters.